The van der Waals surface area contributed by atoms with E-state index in [0.29, 0.717) is 18.2 Å². The van der Waals surface area contributed by atoms with E-state index in [1.807, 2.05) is 86.4 Å². The molecule has 4 aromatic rings. The lowest BCUT2D eigenvalue weighted by molar-refractivity contribution is -0.126. The monoisotopic (exact) mass is 665 g/mol. The van der Waals surface area contributed by atoms with Crippen LogP contribution in [0.3, 0.4) is 0 Å². The highest BCUT2D eigenvalue weighted by atomic mass is 32.2. The van der Waals surface area contributed by atoms with Gasteiger partial charge in [0.05, 0.1) is 11.6 Å². The first-order valence-corrected chi connectivity index (χ1v) is 18.0. The van der Waals surface area contributed by atoms with Gasteiger partial charge < -0.3 is 10.6 Å². The van der Waals surface area contributed by atoms with Crippen molar-refractivity contribution in [1.82, 2.24) is 25.5 Å². The lowest BCUT2D eigenvalue weighted by atomic mass is 9.91. The second-order valence-electron chi connectivity index (χ2n) is 13.3. The van der Waals surface area contributed by atoms with E-state index < -0.39 is 6.04 Å². The quantitative estimate of drug-likeness (QED) is 0.168. The Hall–Kier alpha value is -4.08. The van der Waals surface area contributed by atoms with E-state index in [2.05, 4.69) is 50.6 Å². The van der Waals surface area contributed by atoms with E-state index in [0.717, 1.165) is 41.6 Å². The number of pyridine rings is 2. The van der Waals surface area contributed by atoms with E-state index in [-0.39, 0.29) is 47.2 Å². The van der Waals surface area contributed by atoms with E-state index in [9.17, 15) is 14.4 Å². The van der Waals surface area contributed by atoms with Crippen LogP contribution in [-0.4, -0.2) is 68.9 Å². The molecule has 1 fully saturated rings. The van der Waals surface area contributed by atoms with Gasteiger partial charge in [-0.05, 0) is 73.9 Å². The van der Waals surface area contributed by atoms with Gasteiger partial charge in [-0.1, -0.05) is 81.4 Å². The molecule has 0 aliphatic carbocycles. The number of aromatic nitrogens is 2. The predicted octanol–water partition coefficient (Wildman–Crippen LogP) is 6.10. The van der Waals surface area contributed by atoms with Crippen molar-refractivity contribution in [3.63, 3.8) is 0 Å². The topological polar surface area (TPSA) is 104 Å². The number of hydrogen-bond donors (Lipinski definition) is 2. The fourth-order valence-corrected chi connectivity index (χ4v) is 7.64. The zero-order valence-electron chi connectivity index (χ0n) is 28.3. The molecule has 1 aliphatic rings. The zero-order valence-corrected chi connectivity index (χ0v) is 29.2. The van der Waals surface area contributed by atoms with Crippen LogP contribution in [0.25, 0.3) is 10.9 Å². The van der Waals surface area contributed by atoms with Gasteiger partial charge in [-0.15, -0.1) is 0 Å². The standard InChI is InChI=1S/C39H47N5O3S/c1-26(2)37(43-38(46)34-17-16-31-14-8-9-15-33(31)41-34)39(47)42-35(21-29-11-6-5-7-12-29)27(3)24-44-20-18-32(22-36(44)28(4)45)48-25-30-13-10-19-40-23-30/h5-17,19,23,26-27,32,35-37H,18,20-22,24-25H2,1-4H3,(H,42,47)(H,43,46)/t27?,32?,35?,36?,37-/m0/s1. The number of nitrogens with one attached hydrogen (secondary N) is 2. The molecule has 0 bridgehead atoms. The van der Waals surface area contributed by atoms with Crippen molar-refractivity contribution in [2.45, 2.75) is 76.1 Å². The van der Waals surface area contributed by atoms with Gasteiger partial charge in [0.1, 0.15) is 17.5 Å². The molecule has 2 aromatic heterocycles. The molecule has 4 unspecified atom stereocenters. The molecule has 0 spiro atoms. The highest BCUT2D eigenvalue weighted by Gasteiger charge is 2.35. The molecule has 5 atom stereocenters. The molecule has 48 heavy (non-hydrogen) atoms. The third-order valence-corrected chi connectivity index (χ3v) is 10.6. The molecule has 2 aromatic carbocycles. The normalized spacial score (nSPS) is 18.6. The Morgan fingerprint density at radius 2 is 1.67 bits per heavy atom. The smallest absolute Gasteiger partial charge is 0.270 e. The molecule has 3 heterocycles. The van der Waals surface area contributed by atoms with E-state index in [1.165, 1.54) is 5.56 Å². The van der Waals surface area contributed by atoms with Gasteiger partial charge in [0.15, 0.2) is 0 Å². The molecule has 1 aliphatic heterocycles. The summed E-state index contributed by atoms with van der Waals surface area (Å²) in [7, 11) is 0. The number of carbonyl (C=O) groups excluding carboxylic acids is 3. The molecule has 8 nitrogen and oxygen atoms in total. The second kappa shape index (κ2) is 16.8. The number of thioether (sulfide) groups is 1. The number of piperidine rings is 1. The Labute approximate surface area is 288 Å². The van der Waals surface area contributed by atoms with Crippen molar-refractivity contribution < 1.29 is 14.4 Å². The zero-order chi connectivity index (χ0) is 34.0. The summed E-state index contributed by atoms with van der Waals surface area (Å²) in [5.41, 5.74) is 3.32. The third-order valence-electron chi connectivity index (χ3n) is 9.25. The van der Waals surface area contributed by atoms with Crippen molar-refractivity contribution in [1.29, 1.82) is 0 Å². The first-order valence-electron chi connectivity index (χ1n) is 16.9. The maximum absolute atomic E-state index is 13.9. The minimum atomic E-state index is -0.742. The summed E-state index contributed by atoms with van der Waals surface area (Å²) < 4.78 is 0. The highest BCUT2D eigenvalue weighted by molar-refractivity contribution is 7.99. The van der Waals surface area contributed by atoms with Crippen LogP contribution in [0.1, 0.15) is 62.2 Å². The number of Topliss-reactive ketones (excluding diaryl/α,β-unsaturated/α-hetero) is 1. The van der Waals surface area contributed by atoms with Crippen LogP contribution in [0.2, 0.25) is 0 Å². The van der Waals surface area contributed by atoms with Gasteiger partial charge in [-0.2, -0.15) is 11.8 Å². The molecule has 5 rings (SSSR count). The molecule has 2 N–H and O–H groups in total. The van der Waals surface area contributed by atoms with Gasteiger partial charge >= 0.3 is 0 Å². The summed E-state index contributed by atoms with van der Waals surface area (Å²) in [5.74, 6) is 0.363. The van der Waals surface area contributed by atoms with E-state index in [1.54, 1.807) is 19.2 Å². The number of carbonyl (C=O) groups is 3. The summed E-state index contributed by atoms with van der Waals surface area (Å²) in [4.78, 5) is 51.3. The number of nitrogens with zero attached hydrogens (tertiary/aromatic N) is 3. The van der Waals surface area contributed by atoms with Crippen LogP contribution in [0.4, 0.5) is 0 Å². The first-order chi connectivity index (χ1) is 23.2. The number of benzene rings is 2. The van der Waals surface area contributed by atoms with E-state index in [4.69, 9.17) is 0 Å². The van der Waals surface area contributed by atoms with Crippen molar-refractivity contribution in [2.75, 3.05) is 13.1 Å². The Bertz CT molecular complexity index is 1670. The van der Waals surface area contributed by atoms with Gasteiger partial charge in [-0.25, -0.2) is 4.98 Å². The van der Waals surface area contributed by atoms with Crippen LogP contribution in [0.5, 0.6) is 0 Å². The summed E-state index contributed by atoms with van der Waals surface area (Å²) >= 11 is 1.90. The van der Waals surface area contributed by atoms with Gasteiger partial charge in [0.25, 0.3) is 5.91 Å². The number of hydrogen-bond acceptors (Lipinski definition) is 7. The van der Waals surface area contributed by atoms with Crippen LogP contribution < -0.4 is 10.6 Å². The molecule has 252 valence electrons. The molecule has 0 saturated carbocycles. The fourth-order valence-electron chi connectivity index (χ4n) is 6.45. The van der Waals surface area contributed by atoms with Crippen LogP contribution in [-0.2, 0) is 21.8 Å². The second-order valence-corrected chi connectivity index (χ2v) is 14.6. The van der Waals surface area contributed by atoms with Crippen molar-refractivity contribution in [3.8, 4) is 0 Å². The summed E-state index contributed by atoms with van der Waals surface area (Å²) in [5, 5.41) is 7.63. The Kier molecular flexibility index (Phi) is 12.4. The third kappa shape index (κ3) is 9.51. The summed E-state index contributed by atoms with van der Waals surface area (Å²) in [6.45, 7) is 9.22. The number of ketones is 1. The van der Waals surface area contributed by atoms with Crippen LogP contribution in [0.15, 0.2) is 91.3 Å². The molecule has 1 saturated heterocycles. The Morgan fingerprint density at radius 1 is 0.917 bits per heavy atom. The lowest BCUT2D eigenvalue weighted by Crippen LogP contribution is -2.56. The molecule has 9 heteroatoms. The van der Waals surface area contributed by atoms with E-state index >= 15 is 0 Å². The number of likely N-dealkylation sites (tertiary alicyclic amines) is 1. The number of rotatable bonds is 14. The fraction of sp³-hybridized carbons (Fsp3) is 0.410. The summed E-state index contributed by atoms with van der Waals surface area (Å²) in [6, 6.07) is 24.3. The average molecular weight is 666 g/mol. The highest BCUT2D eigenvalue weighted by Crippen LogP contribution is 2.31. The molecular weight excluding hydrogens is 619 g/mol. The average Bonchev–Trinajstić information content (AvgIpc) is 3.10. The first kappa shape index (κ1) is 35.2. The Balaban J connectivity index is 1.26. The SMILES string of the molecule is CC(=O)C1CC(SCc2cccnc2)CCN1CC(C)C(Cc1ccccc1)NC(=O)[C@@H](NC(=O)c1ccc2ccccc2n1)C(C)C. The van der Waals surface area contributed by atoms with Gasteiger partial charge in [-0.3, -0.25) is 24.3 Å². The summed E-state index contributed by atoms with van der Waals surface area (Å²) in [6.07, 6.45) is 6.15. The number of para-hydroxylation sites is 1. The minimum absolute atomic E-state index is 0.0428. The van der Waals surface area contributed by atoms with Gasteiger partial charge in [0.2, 0.25) is 5.91 Å². The minimum Gasteiger partial charge on any atom is -0.351 e. The van der Waals surface area contributed by atoms with Gasteiger partial charge in [0, 0.05) is 41.4 Å². The number of amides is 2. The maximum Gasteiger partial charge on any atom is 0.270 e. The van der Waals surface area contributed by atoms with Crippen LogP contribution >= 0.6 is 11.8 Å². The maximum atomic E-state index is 13.9. The molecule has 2 amide bonds. The van der Waals surface area contributed by atoms with Crippen molar-refractivity contribution in [2.24, 2.45) is 11.8 Å². The van der Waals surface area contributed by atoms with Crippen molar-refractivity contribution in [3.05, 3.63) is 108 Å². The molecule has 0 radical (unpaired) electrons. The van der Waals surface area contributed by atoms with Crippen LogP contribution in [0, 0.1) is 11.8 Å². The largest absolute Gasteiger partial charge is 0.351 e. The van der Waals surface area contributed by atoms with Crippen molar-refractivity contribution >= 4 is 40.3 Å². The molecular formula is C39H47N5O3S. The lowest BCUT2D eigenvalue weighted by Gasteiger charge is -2.40. The predicted molar refractivity (Wildman–Crippen MR) is 194 cm³/mol. The number of fused-ring (bicyclic) bond motifs is 1. The Morgan fingerprint density at radius 3 is 2.40 bits per heavy atom.